The summed E-state index contributed by atoms with van der Waals surface area (Å²) in [6, 6.07) is 7.80. The van der Waals surface area contributed by atoms with Crippen LogP contribution in [0, 0.1) is 0 Å². The molecule has 94 valence electrons. The maximum absolute atomic E-state index is 11.3. The van der Waals surface area contributed by atoms with Crippen LogP contribution in [-0.4, -0.2) is 24.9 Å². The van der Waals surface area contributed by atoms with Gasteiger partial charge in [-0.05, 0) is 19.1 Å². The van der Waals surface area contributed by atoms with E-state index in [1.54, 1.807) is 18.9 Å². The SMILES string of the molecule is CCOC(=O)CC(C)Sc1ccccc1OC. The molecule has 0 saturated carbocycles. The first-order valence-corrected chi connectivity index (χ1v) is 6.50. The van der Waals surface area contributed by atoms with Crippen molar-refractivity contribution in [2.24, 2.45) is 0 Å². The Morgan fingerprint density at radius 2 is 2.12 bits per heavy atom. The highest BCUT2D eigenvalue weighted by Crippen LogP contribution is 2.32. The molecule has 4 heteroatoms. The molecular weight excluding hydrogens is 236 g/mol. The number of hydrogen-bond donors (Lipinski definition) is 0. The Kier molecular flexibility index (Phi) is 5.91. The monoisotopic (exact) mass is 254 g/mol. The number of para-hydroxylation sites is 1. The highest BCUT2D eigenvalue weighted by Gasteiger charge is 2.13. The Balaban J connectivity index is 2.55. The van der Waals surface area contributed by atoms with Crippen LogP contribution in [0.2, 0.25) is 0 Å². The molecule has 1 aromatic rings. The van der Waals surface area contributed by atoms with Gasteiger partial charge in [0, 0.05) is 10.1 Å². The summed E-state index contributed by atoms with van der Waals surface area (Å²) >= 11 is 1.62. The number of ether oxygens (including phenoxy) is 2. The average molecular weight is 254 g/mol. The van der Waals surface area contributed by atoms with Gasteiger partial charge in [-0.3, -0.25) is 4.79 Å². The molecule has 1 rings (SSSR count). The quantitative estimate of drug-likeness (QED) is 0.577. The van der Waals surface area contributed by atoms with Crippen LogP contribution in [-0.2, 0) is 9.53 Å². The number of esters is 1. The Hall–Kier alpha value is -1.16. The van der Waals surface area contributed by atoms with Gasteiger partial charge in [-0.25, -0.2) is 0 Å². The Morgan fingerprint density at radius 1 is 1.41 bits per heavy atom. The van der Waals surface area contributed by atoms with Crippen molar-refractivity contribution in [1.29, 1.82) is 0 Å². The summed E-state index contributed by atoms with van der Waals surface area (Å²) < 4.78 is 10.2. The first-order valence-electron chi connectivity index (χ1n) is 5.62. The van der Waals surface area contributed by atoms with Crippen LogP contribution in [0.4, 0.5) is 0 Å². The fraction of sp³-hybridized carbons (Fsp3) is 0.462. The molecule has 1 unspecified atom stereocenters. The normalized spacial score (nSPS) is 11.9. The van der Waals surface area contributed by atoms with Gasteiger partial charge >= 0.3 is 5.97 Å². The number of carbonyl (C=O) groups is 1. The van der Waals surface area contributed by atoms with E-state index in [1.807, 2.05) is 38.1 Å². The summed E-state index contributed by atoms with van der Waals surface area (Å²) in [6.07, 6.45) is 0.413. The zero-order chi connectivity index (χ0) is 12.7. The van der Waals surface area contributed by atoms with Crippen LogP contribution in [0.15, 0.2) is 29.2 Å². The predicted molar refractivity (Wildman–Crippen MR) is 69.6 cm³/mol. The third-order valence-corrected chi connectivity index (χ3v) is 3.32. The number of carbonyl (C=O) groups excluding carboxylic acids is 1. The van der Waals surface area contributed by atoms with Crippen molar-refractivity contribution in [3.05, 3.63) is 24.3 Å². The molecule has 0 radical (unpaired) electrons. The number of methoxy groups -OCH3 is 1. The van der Waals surface area contributed by atoms with Crippen molar-refractivity contribution < 1.29 is 14.3 Å². The second kappa shape index (κ2) is 7.22. The number of rotatable bonds is 6. The van der Waals surface area contributed by atoms with Crippen molar-refractivity contribution in [3.63, 3.8) is 0 Å². The van der Waals surface area contributed by atoms with Gasteiger partial charge in [-0.2, -0.15) is 0 Å². The number of hydrogen-bond acceptors (Lipinski definition) is 4. The molecule has 0 N–H and O–H groups in total. The van der Waals surface area contributed by atoms with Gasteiger partial charge in [0.05, 0.1) is 20.1 Å². The van der Waals surface area contributed by atoms with Crippen LogP contribution < -0.4 is 4.74 Å². The first-order chi connectivity index (χ1) is 8.17. The second-order valence-corrected chi connectivity index (χ2v) is 5.07. The minimum absolute atomic E-state index is 0.151. The van der Waals surface area contributed by atoms with Gasteiger partial charge in [0.15, 0.2) is 0 Å². The summed E-state index contributed by atoms with van der Waals surface area (Å²) in [5.74, 6) is 0.690. The van der Waals surface area contributed by atoms with E-state index in [2.05, 4.69) is 0 Å². The lowest BCUT2D eigenvalue weighted by molar-refractivity contribution is -0.142. The van der Waals surface area contributed by atoms with E-state index in [4.69, 9.17) is 9.47 Å². The summed E-state index contributed by atoms with van der Waals surface area (Å²) in [4.78, 5) is 12.4. The number of thioether (sulfide) groups is 1. The molecular formula is C13H18O3S. The van der Waals surface area contributed by atoms with Crippen LogP contribution >= 0.6 is 11.8 Å². The molecule has 0 aliphatic heterocycles. The smallest absolute Gasteiger partial charge is 0.306 e. The van der Waals surface area contributed by atoms with Crippen LogP contribution in [0.25, 0.3) is 0 Å². The lowest BCUT2D eigenvalue weighted by Crippen LogP contribution is -2.10. The Morgan fingerprint density at radius 3 is 2.76 bits per heavy atom. The van der Waals surface area contributed by atoms with E-state index in [0.29, 0.717) is 13.0 Å². The van der Waals surface area contributed by atoms with E-state index < -0.39 is 0 Å². The summed E-state index contributed by atoms with van der Waals surface area (Å²) in [5.41, 5.74) is 0. The van der Waals surface area contributed by atoms with E-state index in [9.17, 15) is 4.79 Å². The molecule has 1 aromatic carbocycles. The molecule has 3 nitrogen and oxygen atoms in total. The molecule has 0 spiro atoms. The van der Waals surface area contributed by atoms with E-state index in [-0.39, 0.29) is 11.2 Å². The Bertz CT molecular complexity index is 365. The first kappa shape index (κ1) is 13.9. The largest absolute Gasteiger partial charge is 0.496 e. The van der Waals surface area contributed by atoms with Gasteiger partial charge in [0.2, 0.25) is 0 Å². The summed E-state index contributed by atoms with van der Waals surface area (Å²) in [7, 11) is 1.65. The van der Waals surface area contributed by atoms with E-state index >= 15 is 0 Å². The van der Waals surface area contributed by atoms with Crippen molar-refractivity contribution in [1.82, 2.24) is 0 Å². The van der Waals surface area contributed by atoms with Gasteiger partial charge in [-0.15, -0.1) is 11.8 Å². The fourth-order valence-corrected chi connectivity index (χ4v) is 2.51. The lowest BCUT2D eigenvalue weighted by atomic mass is 10.3. The van der Waals surface area contributed by atoms with Crippen molar-refractivity contribution in [2.45, 2.75) is 30.4 Å². The zero-order valence-electron chi connectivity index (χ0n) is 10.4. The van der Waals surface area contributed by atoms with Crippen molar-refractivity contribution in [2.75, 3.05) is 13.7 Å². The molecule has 0 amide bonds. The zero-order valence-corrected chi connectivity index (χ0v) is 11.3. The molecule has 0 aliphatic carbocycles. The van der Waals surface area contributed by atoms with Crippen LogP contribution in [0.5, 0.6) is 5.75 Å². The molecule has 0 fully saturated rings. The van der Waals surface area contributed by atoms with E-state index in [0.717, 1.165) is 10.6 Å². The fourth-order valence-electron chi connectivity index (χ4n) is 1.43. The molecule has 0 bridgehead atoms. The van der Waals surface area contributed by atoms with Crippen LogP contribution in [0.3, 0.4) is 0 Å². The molecule has 0 saturated heterocycles. The molecule has 0 heterocycles. The maximum Gasteiger partial charge on any atom is 0.306 e. The van der Waals surface area contributed by atoms with Gasteiger partial charge < -0.3 is 9.47 Å². The third-order valence-electron chi connectivity index (χ3n) is 2.16. The van der Waals surface area contributed by atoms with Crippen molar-refractivity contribution in [3.8, 4) is 5.75 Å². The van der Waals surface area contributed by atoms with Crippen molar-refractivity contribution >= 4 is 17.7 Å². The van der Waals surface area contributed by atoms with Gasteiger partial charge in [0.25, 0.3) is 0 Å². The second-order valence-electron chi connectivity index (χ2n) is 3.59. The topological polar surface area (TPSA) is 35.5 Å². The molecule has 0 aromatic heterocycles. The summed E-state index contributed by atoms with van der Waals surface area (Å²) in [5, 5.41) is 0.172. The standard InChI is InChI=1S/C13H18O3S/c1-4-16-13(14)9-10(2)17-12-8-6-5-7-11(12)15-3/h5-8,10H,4,9H2,1-3H3. The predicted octanol–water partition coefficient (Wildman–Crippen LogP) is 3.13. The third kappa shape index (κ3) is 4.69. The lowest BCUT2D eigenvalue weighted by Gasteiger charge is -2.12. The highest BCUT2D eigenvalue weighted by atomic mass is 32.2. The highest BCUT2D eigenvalue weighted by molar-refractivity contribution is 8.00. The molecule has 17 heavy (non-hydrogen) atoms. The van der Waals surface area contributed by atoms with Gasteiger partial charge in [0.1, 0.15) is 5.75 Å². The molecule has 1 atom stereocenters. The Labute approximate surface area is 106 Å². The van der Waals surface area contributed by atoms with E-state index in [1.165, 1.54) is 0 Å². The number of benzene rings is 1. The van der Waals surface area contributed by atoms with Crippen LogP contribution in [0.1, 0.15) is 20.3 Å². The van der Waals surface area contributed by atoms with Gasteiger partial charge in [-0.1, -0.05) is 19.1 Å². The minimum Gasteiger partial charge on any atom is -0.496 e. The molecule has 0 aliphatic rings. The minimum atomic E-state index is -0.151. The maximum atomic E-state index is 11.3. The average Bonchev–Trinajstić information content (AvgIpc) is 2.29. The summed E-state index contributed by atoms with van der Waals surface area (Å²) in [6.45, 7) is 4.26.